The summed E-state index contributed by atoms with van der Waals surface area (Å²) in [5, 5.41) is 0. The second kappa shape index (κ2) is 5.56. The van der Waals surface area contributed by atoms with E-state index >= 15 is 0 Å². The van der Waals surface area contributed by atoms with Crippen molar-refractivity contribution >= 4 is 0 Å². The molecule has 18 heavy (non-hydrogen) atoms. The minimum Gasteiger partial charge on any atom is -0.0805 e. The van der Waals surface area contributed by atoms with Gasteiger partial charge in [0.15, 0.2) is 0 Å². The van der Waals surface area contributed by atoms with Gasteiger partial charge in [0.1, 0.15) is 0 Å². The Morgan fingerprint density at radius 2 is 1.89 bits per heavy atom. The highest BCUT2D eigenvalue weighted by Gasteiger charge is 2.35. The molecule has 0 N–H and O–H groups in total. The average Bonchev–Trinajstić information content (AvgIpc) is 2.42. The molecule has 1 aliphatic rings. The zero-order valence-electron chi connectivity index (χ0n) is 11.8. The number of allylic oxidation sites excluding steroid dienone is 4. The molecule has 0 fully saturated rings. The van der Waals surface area contributed by atoms with E-state index in [-0.39, 0.29) is 5.41 Å². The third kappa shape index (κ3) is 2.16. The van der Waals surface area contributed by atoms with Gasteiger partial charge in [-0.05, 0) is 29.9 Å². The maximum Gasteiger partial charge on any atom is 0.0198 e. The van der Waals surface area contributed by atoms with Gasteiger partial charge in [0, 0.05) is 5.41 Å². The highest BCUT2D eigenvalue weighted by Crippen LogP contribution is 2.42. The van der Waals surface area contributed by atoms with Crippen molar-refractivity contribution in [2.75, 3.05) is 0 Å². The average molecular weight is 240 g/mol. The lowest BCUT2D eigenvalue weighted by atomic mass is 9.65. The van der Waals surface area contributed by atoms with Gasteiger partial charge in [0.2, 0.25) is 0 Å². The maximum atomic E-state index is 2.43. The molecule has 1 aromatic carbocycles. The summed E-state index contributed by atoms with van der Waals surface area (Å²) in [6.45, 7) is 6.89. The van der Waals surface area contributed by atoms with Gasteiger partial charge < -0.3 is 0 Å². The van der Waals surface area contributed by atoms with E-state index in [0.29, 0.717) is 5.92 Å². The number of hydrogen-bond donors (Lipinski definition) is 0. The zero-order chi connectivity index (χ0) is 13.0. The van der Waals surface area contributed by atoms with E-state index in [0.717, 1.165) is 6.42 Å². The first-order chi connectivity index (χ1) is 8.74. The predicted molar refractivity (Wildman–Crippen MR) is 79.9 cm³/mol. The molecule has 0 nitrogen and oxygen atoms in total. The molecule has 2 rings (SSSR count). The molecule has 0 spiro atoms. The van der Waals surface area contributed by atoms with Crippen LogP contribution in [0.4, 0.5) is 0 Å². The molecule has 0 aliphatic heterocycles. The van der Waals surface area contributed by atoms with Gasteiger partial charge >= 0.3 is 0 Å². The molecule has 0 amide bonds. The van der Waals surface area contributed by atoms with Crippen LogP contribution in [0.2, 0.25) is 0 Å². The highest BCUT2D eigenvalue weighted by molar-refractivity contribution is 5.42. The van der Waals surface area contributed by atoms with E-state index in [1.807, 2.05) is 0 Å². The van der Waals surface area contributed by atoms with Crippen LogP contribution < -0.4 is 0 Å². The van der Waals surface area contributed by atoms with E-state index in [4.69, 9.17) is 0 Å². The van der Waals surface area contributed by atoms with Gasteiger partial charge in [-0.1, -0.05) is 75.8 Å². The first kappa shape index (κ1) is 13.1. The minimum atomic E-state index is 0.204. The first-order valence-electron chi connectivity index (χ1n) is 7.19. The lowest BCUT2D eigenvalue weighted by Gasteiger charge is -2.39. The lowest BCUT2D eigenvalue weighted by Crippen LogP contribution is -2.33. The molecule has 0 saturated heterocycles. The monoisotopic (exact) mass is 240 g/mol. The Bertz CT molecular complexity index is 453. The van der Waals surface area contributed by atoms with Crippen LogP contribution >= 0.6 is 0 Å². The summed E-state index contributed by atoms with van der Waals surface area (Å²) in [4.78, 5) is 0. The number of benzene rings is 1. The predicted octanol–water partition coefficient (Wildman–Crippen LogP) is 5.05. The lowest BCUT2D eigenvalue weighted by molar-refractivity contribution is 0.380. The smallest absolute Gasteiger partial charge is 0.0198 e. The van der Waals surface area contributed by atoms with Gasteiger partial charge in [-0.3, -0.25) is 0 Å². The van der Waals surface area contributed by atoms with Gasteiger partial charge in [-0.15, -0.1) is 0 Å². The molecule has 0 saturated carbocycles. The summed E-state index contributed by atoms with van der Waals surface area (Å²) >= 11 is 0. The van der Waals surface area contributed by atoms with Crippen molar-refractivity contribution in [3.8, 4) is 0 Å². The molecule has 1 aromatic rings. The summed E-state index contributed by atoms with van der Waals surface area (Å²) in [6.07, 6.45) is 12.8. The number of hydrogen-bond acceptors (Lipinski definition) is 0. The molecule has 2 atom stereocenters. The summed E-state index contributed by atoms with van der Waals surface area (Å²) in [5.74, 6) is 0.579. The molecule has 96 valence electrons. The molecule has 0 aromatic heterocycles. The van der Waals surface area contributed by atoms with Crippen molar-refractivity contribution in [1.29, 1.82) is 0 Å². The van der Waals surface area contributed by atoms with Crippen molar-refractivity contribution in [3.63, 3.8) is 0 Å². The normalized spacial score (nSPS) is 26.5. The Balaban J connectivity index is 2.53. The summed E-state index contributed by atoms with van der Waals surface area (Å²) in [5.41, 5.74) is 3.23. The second-order valence-corrected chi connectivity index (χ2v) is 5.33. The molecule has 0 bridgehead atoms. The third-order valence-corrected chi connectivity index (χ3v) is 4.28. The number of aryl methyl sites for hydroxylation is 1. The molecule has 0 radical (unpaired) electrons. The van der Waals surface area contributed by atoms with Gasteiger partial charge in [-0.25, -0.2) is 0 Å². The highest BCUT2D eigenvalue weighted by atomic mass is 14.4. The van der Waals surface area contributed by atoms with Crippen LogP contribution in [0.1, 0.15) is 44.7 Å². The maximum absolute atomic E-state index is 2.43. The van der Waals surface area contributed by atoms with E-state index in [2.05, 4.69) is 69.3 Å². The van der Waals surface area contributed by atoms with Crippen molar-refractivity contribution in [3.05, 3.63) is 59.7 Å². The Labute approximate surface area is 111 Å². The van der Waals surface area contributed by atoms with Crippen LogP contribution in [-0.2, 0) is 11.8 Å². The molecular weight excluding hydrogens is 216 g/mol. The van der Waals surface area contributed by atoms with E-state index in [1.54, 1.807) is 0 Å². The first-order valence-corrected chi connectivity index (χ1v) is 7.19. The summed E-state index contributed by atoms with van der Waals surface area (Å²) in [7, 11) is 0. The topological polar surface area (TPSA) is 0 Å². The molecular formula is C18H24. The zero-order valence-corrected chi connectivity index (χ0v) is 11.8. The van der Waals surface area contributed by atoms with E-state index in [9.17, 15) is 0 Å². The Hall–Kier alpha value is -1.30. The van der Waals surface area contributed by atoms with Crippen LogP contribution in [0.3, 0.4) is 0 Å². The van der Waals surface area contributed by atoms with Crippen molar-refractivity contribution in [1.82, 2.24) is 0 Å². The molecule has 1 aliphatic carbocycles. The quantitative estimate of drug-likeness (QED) is 0.691. The second-order valence-electron chi connectivity index (χ2n) is 5.33. The van der Waals surface area contributed by atoms with Gasteiger partial charge in [0.25, 0.3) is 0 Å². The SMILES string of the molecule is CCCC1(c2ccccc2CC)C=CC=CC1C. The fourth-order valence-corrected chi connectivity index (χ4v) is 3.26. The van der Waals surface area contributed by atoms with Crippen LogP contribution in [-0.4, -0.2) is 0 Å². The van der Waals surface area contributed by atoms with Crippen LogP contribution in [0.5, 0.6) is 0 Å². The fourth-order valence-electron chi connectivity index (χ4n) is 3.26. The Morgan fingerprint density at radius 3 is 2.56 bits per heavy atom. The Kier molecular flexibility index (Phi) is 4.06. The van der Waals surface area contributed by atoms with Crippen molar-refractivity contribution in [2.45, 2.75) is 45.4 Å². The van der Waals surface area contributed by atoms with Crippen LogP contribution in [0, 0.1) is 5.92 Å². The largest absolute Gasteiger partial charge is 0.0805 e. The summed E-state index contributed by atoms with van der Waals surface area (Å²) < 4.78 is 0. The minimum absolute atomic E-state index is 0.204. The number of rotatable bonds is 4. The molecule has 0 heteroatoms. The Morgan fingerprint density at radius 1 is 1.11 bits per heavy atom. The van der Waals surface area contributed by atoms with E-state index in [1.165, 1.54) is 24.0 Å². The van der Waals surface area contributed by atoms with Crippen molar-refractivity contribution in [2.24, 2.45) is 5.92 Å². The summed E-state index contributed by atoms with van der Waals surface area (Å²) in [6, 6.07) is 8.96. The molecule has 0 heterocycles. The van der Waals surface area contributed by atoms with Crippen molar-refractivity contribution < 1.29 is 0 Å². The van der Waals surface area contributed by atoms with E-state index < -0.39 is 0 Å². The van der Waals surface area contributed by atoms with Gasteiger partial charge in [-0.2, -0.15) is 0 Å². The fraction of sp³-hybridized carbons (Fsp3) is 0.444. The molecule has 2 unspecified atom stereocenters. The third-order valence-electron chi connectivity index (χ3n) is 4.28. The van der Waals surface area contributed by atoms with Crippen LogP contribution in [0.25, 0.3) is 0 Å². The van der Waals surface area contributed by atoms with Gasteiger partial charge in [0.05, 0.1) is 0 Å². The standard InChI is InChI=1S/C18H24/c1-4-13-18(14-9-8-10-15(18)3)17-12-7-6-11-16(17)5-2/h6-12,14-15H,4-5,13H2,1-3H3. The van der Waals surface area contributed by atoms with Crippen LogP contribution in [0.15, 0.2) is 48.6 Å².